The summed E-state index contributed by atoms with van der Waals surface area (Å²) in [6, 6.07) is 5.89. The number of halogens is 2. The van der Waals surface area contributed by atoms with E-state index >= 15 is 0 Å². The summed E-state index contributed by atoms with van der Waals surface area (Å²) >= 11 is 12.7. The van der Waals surface area contributed by atoms with Crippen LogP contribution in [0.15, 0.2) is 18.2 Å². The van der Waals surface area contributed by atoms with E-state index < -0.39 is 0 Å². The molecule has 1 atom stereocenters. The Balaban J connectivity index is 1.74. The van der Waals surface area contributed by atoms with E-state index in [4.69, 9.17) is 23.2 Å². The van der Waals surface area contributed by atoms with Gasteiger partial charge in [0.05, 0.1) is 16.1 Å². The first-order chi connectivity index (χ1) is 14.0. The quantitative estimate of drug-likeness (QED) is 0.578. The Bertz CT molecular complexity index is 670. The number of urea groups is 1. The second-order valence-electron chi connectivity index (χ2n) is 8.74. The van der Waals surface area contributed by atoms with Crippen molar-refractivity contribution in [3.05, 3.63) is 33.8 Å². The van der Waals surface area contributed by atoms with E-state index in [-0.39, 0.29) is 12.1 Å². The number of nitrogens with one attached hydrogen (secondary N) is 1. The molecular weight excluding hydrogens is 405 g/mol. The largest absolute Gasteiger partial charge is 0.331 e. The van der Waals surface area contributed by atoms with Crippen LogP contribution in [0.5, 0.6) is 0 Å². The molecule has 1 unspecified atom stereocenters. The van der Waals surface area contributed by atoms with Gasteiger partial charge in [0, 0.05) is 12.6 Å². The molecule has 29 heavy (non-hydrogen) atoms. The van der Waals surface area contributed by atoms with Crippen LogP contribution >= 0.6 is 23.2 Å². The molecule has 1 aromatic rings. The minimum Gasteiger partial charge on any atom is -0.331 e. The highest BCUT2D eigenvalue weighted by Gasteiger charge is 2.31. The van der Waals surface area contributed by atoms with E-state index in [1.54, 1.807) is 6.07 Å². The molecule has 0 aromatic heterocycles. The minimum absolute atomic E-state index is 0.0491. The number of benzene rings is 1. The summed E-state index contributed by atoms with van der Waals surface area (Å²) in [6.45, 7) is 5.05. The van der Waals surface area contributed by atoms with Gasteiger partial charge in [-0.2, -0.15) is 0 Å². The molecule has 0 bridgehead atoms. The maximum absolute atomic E-state index is 13.5. The van der Waals surface area contributed by atoms with Crippen LogP contribution in [0.2, 0.25) is 10.0 Å². The second-order valence-corrected chi connectivity index (χ2v) is 9.53. The first-order valence-corrected chi connectivity index (χ1v) is 11.9. The topological polar surface area (TPSA) is 35.6 Å². The molecule has 1 saturated carbocycles. The van der Waals surface area contributed by atoms with E-state index in [1.165, 1.54) is 32.1 Å². The molecule has 0 spiro atoms. The Labute approximate surface area is 185 Å². The van der Waals surface area contributed by atoms with Crippen molar-refractivity contribution >= 4 is 29.2 Å². The summed E-state index contributed by atoms with van der Waals surface area (Å²) in [4.78, 5) is 18.0. The lowest BCUT2D eigenvalue weighted by atomic mass is 9.88. The van der Waals surface area contributed by atoms with Crippen molar-refractivity contribution in [1.29, 1.82) is 0 Å². The third kappa shape index (κ3) is 6.02. The molecule has 1 saturated heterocycles. The maximum Gasteiger partial charge on any atom is 0.318 e. The molecule has 162 valence electrons. The SMILES string of the molecule is CCC(NC(=O)N(CC1CCCCC1)C1CCN(C)CC1)c1cccc(Cl)c1Cl. The standard InChI is InChI=1S/C23H35Cl2N3O/c1-3-21(19-10-7-11-20(24)22(19)25)26-23(29)28(16-17-8-5-4-6-9-17)18-12-14-27(2)15-13-18/h7,10-11,17-18,21H,3-6,8-9,12-16H2,1-2H3,(H,26,29). The highest BCUT2D eigenvalue weighted by atomic mass is 35.5. The highest BCUT2D eigenvalue weighted by molar-refractivity contribution is 6.42. The van der Waals surface area contributed by atoms with Gasteiger partial charge in [0.25, 0.3) is 0 Å². The van der Waals surface area contributed by atoms with Gasteiger partial charge in [-0.25, -0.2) is 4.79 Å². The van der Waals surface area contributed by atoms with Crippen LogP contribution in [0.1, 0.15) is 69.9 Å². The fourth-order valence-electron chi connectivity index (χ4n) is 4.77. The molecule has 1 N–H and O–H groups in total. The Morgan fingerprint density at radius 2 is 1.86 bits per heavy atom. The van der Waals surface area contributed by atoms with Gasteiger partial charge in [0.2, 0.25) is 0 Å². The molecule has 2 amide bonds. The van der Waals surface area contributed by atoms with Gasteiger partial charge in [-0.3, -0.25) is 0 Å². The van der Waals surface area contributed by atoms with Crippen LogP contribution in [0.4, 0.5) is 4.79 Å². The number of rotatable bonds is 6. The molecule has 6 heteroatoms. The molecule has 1 aliphatic heterocycles. The van der Waals surface area contributed by atoms with E-state index in [2.05, 4.69) is 29.1 Å². The van der Waals surface area contributed by atoms with Crippen molar-refractivity contribution in [2.75, 3.05) is 26.7 Å². The summed E-state index contributed by atoms with van der Waals surface area (Å²) in [5, 5.41) is 4.35. The van der Waals surface area contributed by atoms with Crippen molar-refractivity contribution in [1.82, 2.24) is 15.1 Å². The average Bonchev–Trinajstić information content (AvgIpc) is 2.74. The zero-order valence-corrected chi connectivity index (χ0v) is 19.3. The summed E-state index contributed by atoms with van der Waals surface area (Å²) in [6.07, 6.45) is 9.28. The average molecular weight is 440 g/mol. The van der Waals surface area contributed by atoms with Crippen molar-refractivity contribution in [3.63, 3.8) is 0 Å². The Hall–Kier alpha value is -0.970. The molecule has 1 aliphatic carbocycles. The van der Waals surface area contributed by atoms with Gasteiger partial charge < -0.3 is 15.1 Å². The number of amides is 2. The summed E-state index contributed by atoms with van der Waals surface area (Å²) in [5.74, 6) is 0.629. The Kier molecular flexibility index (Phi) is 8.52. The zero-order valence-electron chi connectivity index (χ0n) is 17.8. The molecule has 1 heterocycles. The van der Waals surface area contributed by atoms with Gasteiger partial charge in [0.15, 0.2) is 0 Å². The van der Waals surface area contributed by atoms with E-state index in [9.17, 15) is 4.79 Å². The minimum atomic E-state index is -0.131. The number of piperidine rings is 1. The maximum atomic E-state index is 13.5. The van der Waals surface area contributed by atoms with Crippen LogP contribution in [0, 0.1) is 5.92 Å². The predicted molar refractivity (Wildman–Crippen MR) is 122 cm³/mol. The summed E-state index contributed by atoms with van der Waals surface area (Å²) in [5.41, 5.74) is 0.899. The first kappa shape index (κ1) is 22.7. The van der Waals surface area contributed by atoms with Crippen LogP contribution in [0.3, 0.4) is 0 Å². The molecule has 2 aliphatic rings. The number of nitrogens with zero attached hydrogens (tertiary/aromatic N) is 2. The zero-order chi connectivity index (χ0) is 20.8. The van der Waals surface area contributed by atoms with E-state index in [1.807, 2.05) is 12.1 Å². The van der Waals surface area contributed by atoms with Crippen LogP contribution in [0.25, 0.3) is 0 Å². The lowest BCUT2D eigenvalue weighted by Gasteiger charge is -2.40. The summed E-state index contributed by atoms with van der Waals surface area (Å²) < 4.78 is 0. The lowest BCUT2D eigenvalue weighted by molar-refractivity contribution is 0.111. The predicted octanol–water partition coefficient (Wildman–Crippen LogP) is 6.13. The number of carbonyl (C=O) groups is 1. The monoisotopic (exact) mass is 439 g/mol. The Morgan fingerprint density at radius 1 is 1.17 bits per heavy atom. The number of hydrogen-bond donors (Lipinski definition) is 1. The van der Waals surface area contributed by atoms with Crippen LogP contribution in [-0.4, -0.2) is 48.6 Å². The number of carbonyl (C=O) groups excluding carboxylic acids is 1. The summed E-state index contributed by atoms with van der Waals surface area (Å²) in [7, 11) is 2.16. The Morgan fingerprint density at radius 3 is 2.52 bits per heavy atom. The lowest BCUT2D eigenvalue weighted by Crippen LogP contribution is -2.52. The molecule has 1 aromatic carbocycles. The number of likely N-dealkylation sites (tertiary alicyclic amines) is 1. The van der Waals surface area contributed by atoms with E-state index in [0.29, 0.717) is 22.0 Å². The fourth-order valence-corrected chi connectivity index (χ4v) is 5.21. The van der Waals surface area contributed by atoms with Crippen molar-refractivity contribution < 1.29 is 4.79 Å². The van der Waals surface area contributed by atoms with Gasteiger partial charge in [-0.15, -0.1) is 0 Å². The second kappa shape index (κ2) is 10.9. The third-order valence-electron chi connectivity index (χ3n) is 6.63. The van der Waals surface area contributed by atoms with Gasteiger partial charge in [0.1, 0.15) is 0 Å². The van der Waals surface area contributed by atoms with Gasteiger partial charge >= 0.3 is 6.03 Å². The van der Waals surface area contributed by atoms with Crippen LogP contribution < -0.4 is 5.32 Å². The molecule has 4 nitrogen and oxygen atoms in total. The molecule has 0 radical (unpaired) electrons. The van der Waals surface area contributed by atoms with Gasteiger partial charge in [-0.1, -0.05) is 61.5 Å². The fraction of sp³-hybridized carbons (Fsp3) is 0.696. The van der Waals surface area contributed by atoms with Gasteiger partial charge in [-0.05, 0) is 69.8 Å². The smallest absolute Gasteiger partial charge is 0.318 e. The van der Waals surface area contributed by atoms with Crippen molar-refractivity contribution in [3.8, 4) is 0 Å². The van der Waals surface area contributed by atoms with E-state index in [0.717, 1.165) is 44.5 Å². The molecular formula is C23H35Cl2N3O. The van der Waals surface area contributed by atoms with Crippen LogP contribution in [-0.2, 0) is 0 Å². The van der Waals surface area contributed by atoms with Crippen molar-refractivity contribution in [2.45, 2.75) is 70.4 Å². The first-order valence-electron chi connectivity index (χ1n) is 11.2. The molecule has 3 rings (SSSR count). The van der Waals surface area contributed by atoms with Crippen molar-refractivity contribution in [2.24, 2.45) is 5.92 Å². The number of hydrogen-bond acceptors (Lipinski definition) is 2. The normalized spacial score (nSPS) is 20.4. The highest BCUT2D eigenvalue weighted by Crippen LogP contribution is 2.32. The third-order valence-corrected chi connectivity index (χ3v) is 7.47. The molecule has 2 fully saturated rings.